The number of thiazole rings is 1. The first-order valence-corrected chi connectivity index (χ1v) is 16.4. The first-order chi connectivity index (χ1) is 22.8. The minimum atomic E-state index is -0.523. The predicted octanol–water partition coefficient (Wildman–Crippen LogP) is 7.88. The smallest absolute Gasteiger partial charge is 0.272 e. The van der Waals surface area contributed by atoms with E-state index in [0.717, 1.165) is 10.5 Å². The van der Waals surface area contributed by atoms with Crippen molar-refractivity contribution in [3.8, 4) is 17.0 Å². The number of hydrogen-bond donors (Lipinski definition) is 3. The Morgan fingerprint density at radius 3 is 2.45 bits per heavy atom. The van der Waals surface area contributed by atoms with Crippen LogP contribution in [0.1, 0.15) is 29.3 Å². The third-order valence-corrected chi connectivity index (χ3v) is 8.96. The predicted molar refractivity (Wildman–Crippen MR) is 186 cm³/mol. The van der Waals surface area contributed by atoms with Crippen molar-refractivity contribution in [3.05, 3.63) is 131 Å². The van der Waals surface area contributed by atoms with Crippen LogP contribution in [-0.4, -0.2) is 35.1 Å². The number of rotatable bonds is 12. The maximum atomic E-state index is 13.5. The summed E-state index contributed by atoms with van der Waals surface area (Å²) in [5.74, 6) is -0.885. The molecule has 8 nitrogen and oxygen atoms in total. The molecule has 47 heavy (non-hydrogen) atoms. The van der Waals surface area contributed by atoms with Gasteiger partial charge >= 0.3 is 0 Å². The highest BCUT2D eigenvalue weighted by molar-refractivity contribution is 8.00. The molecule has 0 spiro atoms. The molecule has 0 radical (unpaired) electrons. The average molecular weight is 667 g/mol. The summed E-state index contributed by atoms with van der Waals surface area (Å²) in [6, 6.07) is 28.9. The van der Waals surface area contributed by atoms with E-state index >= 15 is 0 Å². The fourth-order valence-corrected chi connectivity index (χ4v) is 6.18. The summed E-state index contributed by atoms with van der Waals surface area (Å²) in [6.45, 7) is 1.92. The fraction of sp³-hybridized carbons (Fsp3) is 0.111. The molecule has 5 aromatic rings. The summed E-state index contributed by atoms with van der Waals surface area (Å²) >= 11 is 2.65. The van der Waals surface area contributed by atoms with Crippen LogP contribution < -0.4 is 20.7 Å². The Morgan fingerprint density at radius 2 is 1.70 bits per heavy atom. The lowest BCUT2D eigenvalue weighted by Gasteiger charge is -2.15. The van der Waals surface area contributed by atoms with Crippen molar-refractivity contribution < 1.29 is 23.5 Å². The second-order valence-corrected chi connectivity index (χ2v) is 12.3. The Bertz CT molecular complexity index is 1890. The summed E-state index contributed by atoms with van der Waals surface area (Å²) in [4.78, 5) is 45.0. The Morgan fingerprint density at radius 1 is 0.936 bits per heavy atom. The number of carbonyl (C=O) groups excluding carboxylic acids is 3. The quantitative estimate of drug-likeness (QED) is 0.0924. The molecule has 1 unspecified atom stereocenters. The lowest BCUT2D eigenvalue weighted by molar-refractivity contribution is -0.116. The van der Waals surface area contributed by atoms with E-state index in [1.165, 1.54) is 35.2 Å². The number of methoxy groups -OCH3 is 1. The Kier molecular flexibility index (Phi) is 11.2. The normalized spacial score (nSPS) is 11.8. The van der Waals surface area contributed by atoms with E-state index in [1.807, 2.05) is 18.4 Å². The molecular weight excluding hydrogens is 636 g/mol. The number of carbonyl (C=O) groups is 3. The zero-order valence-corrected chi connectivity index (χ0v) is 27.2. The van der Waals surface area contributed by atoms with Crippen LogP contribution in [0.5, 0.6) is 5.75 Å². The summed E-state index contributed by atoms with van der Waals surface area (Å²) in [5.41, 5.74) is 3.00. The number of anilines is 2. The zero-order chi connectivity index (χ0) is 33.2. The maximum Gasteiger partial charge on any atom is 0.272 e. The van der Waals surface area contributed by atoms with Crippen LogP contribution in [0.25, 0.3) is 17.3 Å². The number of thioether (sulfide) groups is 1. The van der Waals surface area contributed by atoms with E-state index in [-0.39, 0.29) is 17.4 Å². The molecule has 5 rings (SSSR count). The molecule has 3 N–H and O–H groups in total. The number of halogens is 1. The van der Waals surface area contributed by atoms with E-state index in [1.54, 1.807) is 98.1 Å². The van der Waals surface area contributed by atoms with Crippen molar-refractivity contribution in [2.45, 2.75) is 23.5 Å². The van der Waals surface area contributed by atoms with Crippen LogP contribution in [0.3, 0.4) is 0 Å². The molecular formula is C36H31FN4O4S2. The van der Waals surface area contributed by atoms with Crippen molar-refractivity contribution in [1.82, 2.24) is 10.3 Å². The van der Waals surface area contributed by atoms with Crippen molar-refractivity contribution in [2.24, 2.45) is 0 Å². The molecule has 1 aromatic heterocycles. The Hall–Kier alpha value is -5.26. The highest BCUT2D eigenvalue weighted by Crippen LogP contribution is 2.30. The molecule has 0 saturated heterocycles. The van der Waals surface area contributed by atoms with Gasteiger partial charge in [-0.3, -0.25) is 14.4 Å². The number of amides is 3. The van der Waals surface area contributed by atoms with Crippen LogP contribution in [0, 0.1) is 5.82 Å². The van der Waals surface area contributed by atoms with Gasteiger partial charge in [0, 0.05) is 27.1 Å². The van der Waals surface area contributed by atoms with E-state index in [0.29, 0.717) is 39.8 Å². The third kappa shape index (κ3) is 9.15. The van der Waals surface area contributed by atoms with Crippen molar-refractivity contribution in [2.75, 3.05) is 17.7 Å². The summed E-state index contributed by atoms with van der Waals surface area (Å²) in [6.07, 6.45) is 2.12. The van der Waals surface area contributed by atoms with Gasteiger partial charge in [0.15, 0.2) is 5.13 Å². The van der Waals surface area contributed by atoms with Gasteiger partial charge in [0.2, 0.25) is 5.91 Å². The number of benzene rings is 4. The maximum absolute atomic E-state index is 13.5. The van der Waals surface area contributed by atoms with Crippen LogP contribution >= 0.6 is 23.1 Å². The van der Waals surface area contributed by atoms with E-state index in [9.17, 15) is 18.8 Å². The fourth-order valence-electron chi connectivity index (χ4n) is 4.44. The number of aromatic nitrogens is 1. The molecule has 0 saturated carbocycles. The first-order valence-electron chi connectivity index (χ1n) is 14.6. The second kappa shape index (κ2) is 15.8. The number of hydrogen-bond acceptors (Lipinski definition) is 7. The zero-order valence-electron chi connectivity index (χ0n) is 25.5. The summed E-state index contributed by atoms with van der Waals surface area (Å²) in [5, 5.41) is 10.3. The van der Waals surface area contributed by atoms with Crippen LogP contribution in [0.2, 0.25) is 0 Å². The first kappa shape index (κ1) is 33.1. The van der Waals surface area contributed by atoms with Gasteiger partial charge in [-0.05, 0) is 84.8 Å². The monoisotopic (exact) mass is 666 g/mol. The average Bonchev–Trinajstić information content (AvgIpc) is 3.56. The second-order valence-electron chi connectivity index (χ2n) is 10.2. The molecule has 0 aliphatic rings. The number of ether oxygens (including phenoxy) is 1. The van der Waals surface area contributed by atoms with Gasteiger partial charge in [0.1, 0.15) is 17.3 Å². The standard InChI is InChI=1S/C36H31FN4O4S2/c1-3-32(35(44)41-36-40-31(22-46-36)24-15-17-26(37)18-16-24)47-29-14-8-12-27(21-29)38-34(43)30(20-23-9-7-13-28(19-23)45-2)39-33(42)25-10-5-4-6-11-25/h4-22,32H,3H2,1-2H3,(H,38,43)(H,39,42)(H,40,41,44)/b30-20-. The van der Waals surface area contributed by atoms with Gasteiger partial charge in [-0.2, -0.15) is 0 Å². The molecule has 3 amide bonds. The topological polar surface area (TPSA) is 109 Å². The molecule has 4 aromatic carbocycles. The minimum absolute atomic E-state index is 0.0411. The molecule has 1 atom stereocenters. The Labute approximate surface area is 280 Å². The van der Waals surface area contributed by atoms with Gasteiger partial charge in [-0.25, -0.2) is 9.37 Å². The molecule has 0 bridgehead atoms. The SMILES string of the molecule is CCC(Sc1cccc(NC(=O)/C(=C/c2cccc(OC)c2)NC(=O)c2ccccc2)c1)C(=O)Nc1nc(-c2ccc(F)cc2)cs1. The molecule has 0 aliphatic carbocycles. The largest absolute Gasteiger partial charge is 0.497 e. The van der Waals surface area contributed by atoms with Gasteiger partial charge in [0.25, 0.3) is 11.8 Å². The number of nitrogens with one attached hydrogen (secondary N) is 3. The van der Waals surface area contributed by atoms with Crippen molar-refractivity contribution >= 4 is 57.7 Å². The molecule has 0 fully saturated rings. The van der Waals surface area contributed by atoms with Gasteiger partial charge in [-0.15, -0.1) is 23.1 Å². The number of nitrogens with zero attached hydrogens (tertiary/aromatic N) is 1. The molecule has 1 heterocycles. The minimum Gasteiger partial charge on any atom is -0.497 e. The summed E-state index contributed by atoms with van der Waals surface area (Å²) in [7, 11) is 1.55. The van der Waals surface area contributed by atoms with E-state index in [2.05, 4.69) is 20.9 Å². The highest BCUT2D eigenvalue weighted by Gasteiger charge is 2.21. The van der Waals surface area contributed by atoms with Crippen molar-refractivity contribution in [3.63, 3.8) is 0 Å². The van der Waals surface area contributed by atoms with Crippen LogP contribution in [0.4, 0.5) is 15.2 Å². The van der Waals surface area contributed by atoms with Crippen molar-refractivity contribution in [1.29, 1.82) is 0 Å². The van der Waals surface area contributed by atoms with Gasteiger partial charge in [-0.1, -0.05) is 43.3 Å². The van der Waals surface area contributed by atoms with Crippen LogP contribution in [0.15, 0.2) is 119 Å². The molecule has 238 valence electrons. The van der Waals surface area contributed by atoms with E-state index in [4.69, 9.17) is 4.74 Å². The highest BCUT2D eigenvalue weighted by atomic mass is 32.2. The van der Waals surface area contributed by atoms with Gasteiger partial charge < -0.3 is 20.7 Å². The lowest BCUT2D eigenvalue weighted by Crippen LogP contribution is -2.30. The van der Waals surface area contributed by atoms with Crippen LogP contribution in [-0.2, 0) is 9.59 Å². The summed E-state index contributed by atoms with van der Waals surface area (Å²) < 4.78 is 18.6. The molecule has 0 aliphatic heterocycles. The van der Waals surface area contributed by atoms with E-state index < -0.39 is 17.1 Å². The third-order valence-electron chi connectivity index (χ3n) is 6.84. The Balaban J connectivity index is 1.28. The van der Waals surface area contributed by atoms with Gasteiger partial charge in [0.05, 0.1) is 18.1 Å². The molecule has 11 heteroatoms. The lowest BCUT2D eigenvalue weighted by atomic mass is 10.1.